The smallest absolute Gasteiger partial charge is 0.232 e. The molecule has 2 nitrogen and oxygen atoms in total. The van der Waals surface area contributed by atoms with E-state index >= 15 is 0 Å². The van der Waals surface area contributed by atoms with E-state index < -0.39 is 0 Å². The van der Waals surface area contributed by atoms with E-state index in [1.54, 1.807) is 0 Å². The van der Waals surface area contributed by atoms with Crippen molar-refractivity contribution >= 4 is 11.8 Å². The number of hydrogen-bond acceptors (Lipinski definition) is 1. The van der Waals surface area contributed by atoms with Gasteiger partial charge in [0.15, 0.2) is 0 Å². The van der Waals surface area contributed by atoms with Crippen LogP contribution in [0.5, 0.6) is 0 Å². The third-order valence-electron chi connectivity index (χ3n) is 5.85. The van der Waals surface area contributed by atoms with Gasteiger partial charge in [-0.1, -0.05) is 110 Å². The van der Waals surface area contributed by atoms with Crippen LogP contribution in [0.15, 0.2) is 77.5 Å². The molecule has 0 bridgehead atoms. The van der Waals surface area contributed by atoms with Crippen LogP contribution in [0.1, 0.15) is 99.3 Å². The fourth-order valence-corrected chi connectivity index (χ4v) is 5.58. The second-order valence-electron chi connectivity index (χ2n) is 10.5. The zero-order chi connectivity index (χ0) is 31.0. The molecule has 1 aromatic heterocycles. The Hall–Kier alpha value is -2.52. The third kappa shape index (κ3) is 11.2. The summed E-state index contributed by atoms with van der Waals surface area (Å²) in [5.74, 6) is 2.03. The van der Waals surface area contributed by atoms with E-state index in [4.69, 9.17) is 0 Å². The second kappa shape index (κ2) is 18.8. The summed E-state index contributed by atoms with van der Waals surface area (Å²) < 4.78 is 4.66. The number of thioether (sulfide) groups is 1. The van der Waals surface area contributed by atoms with Crippen molar-refractivity contribution in [3.63, 3.8) is 0 Å². The number of hydrogen-bond donors (Lipinski definition) is 0. The second-order valence-corrected chi connectivity index (χ2v) is 12.1. The molecule has 3 aromatic rings. The number of benzene rings is 2. The highest BCUT2D eigenvalue weighted by molar-refractivity contribution is 8.00. The minimum absolute atomic E-state index is 0.104. The topological polar surface area (TPSA) is 8.81 Å². The largest absolute Gasteiger partial charge is 0.293 e. The Bertz CT molecular complexity index is 1190. The van der Waals surface area contributed by atoms with Crippen LogP contribution < -0.4 is 4.57 Å². The SMILES string of the molecule is CC.CC.CC.CC(C)C.CC1=CCC(C)(Sc2cccc(-c3n(-c4c(C)cc(C)cc4C)cc[n+]3C)c2)C=C1. The van der Waals surface area contributed by atoms with E-state index in [-0.39, 0.29) is 4.75 Å². The van der Waals surface area contributed by atoms with Gasteiger partial charge in [-0.25, -0.2) is 4.57 Å². The zero-order valence-electron chi connectivity index (χ0n) is 28.4. The maximum Gasteiger partial charge on any atom is 0.293 e. The molecule has 3 heteroatoms. The summed E-state index contributed by atoms with van der Waals surface area (Å²) in [6.45, 7) is 29.6. The first-order valence-electron chi connectivity index (χ1n) is 15.3. The maximum absolute atomic E-state index is 2.35. The summed E-state index contributed by atoms with van der Waals surface area (Å²) in [5.41, 5.74) is 7.79. The zero-order valence-corrected chi connectivity index (χ0v) is 29.3. The Labute approximate surface area is 252 Å². The van der Waals surface area contributed by atoms with Crippen LogP contribution in [0.2, 0.25) is 0 Å². The highest BCUT2D eigenvalue weighted by Gasteiger charge is 2.26. The first-order valence-corrected chi connectivity index (χ1v) is 16.1. The molecule has 0 aliphatic heterocycles. The van der Waals surface area contributed by atoms with E-state index in [9.17, 15) is 0 Å². The third-order valence-corrected chi connectivity index (χ3v) is 7.11. The van der Waals surface area contributed by atoms with Crippen LogP contribution in [0, 0.1) is 26.7 Å². The molecule has 4 rings (SSSR count). The summed E-state index contributed by atoms with van der Waals surface area (Å²) in [6, 6.07) is 13.5. The van der Waals surface area contributed by atoms with E-state index in [1.165, 1.54) is 44.2 Å². The molecule has 222 valence electrons. The lowest BCUT2D eigenvalue weighted by Crippen LogP contribution is -2.29. The molecule has 0 amide bonds. The molecule has 1 unspecified atom stereocenters. The van der Waals surface area contributed by atoms with Crippen molar-refractivity contribution in [1.29, 1.82) is 0 Å². The van der Waals surface area contributed by atoms with Gasteiger partial charge >= 0.3 is 0 Å². The Balaban J connectivity index is 0.00000135. The minimum atomic E-state index is 0.104. The fraction of sp³-hybridized carbons (Fsp3) is 0.486. The molecule has 1 aliphatic carbocycles. The lowest BCUT2D eigenvalue weighted by molar-refractivity contribution is -0.659. The van der Waals surface area contributed by atoms with Gasteiger partial charge in [0.2, 0.25) is 0 Å². The van der Waals surface area contributed by atoms with Crippen molar-refractivity contribution in [3.05, 3.63) is 89.3 Å². The van der Waals surface area contributed by atoms with Crippen molar-refractivity contribution < 1.29 is 4.57 Å². The van der Waals surface area contributed by atoms with E-state index in [1.807, 2.05) is 53.3 Å². The number of imidazole rings is 1. The summed E-state index contributed by atoms with van der Waals surface area (Å²) in [5, 5.41) is 0. The molecule has 1 heterocycles. The Morgan fingerprint density at radius 2 is 1.43 bits per heavy atom. The standard InChI is InChI=1S/C27H31N2S.C4H10.3C2H6/c1-19-10-12-27(5,13-11-19)30-24-9-7-8-23(18-24)26-28(6)14-15-29(26)25-21(3)16-20(2)17-22(25)4;1-4(2)3;3*1-2/h7-12,14-18H,13H2,1-6H3;4H,1-3H3;3*1-2H3/q+1;;;;. The summed E-state index contributed by atoms with van der Waals surface area (Å²) in [4.78, 5) is 1.30. The number of aromatic nitrogens is 2. The normalized spacial score (nSPS) is 15.2. The lowest BCUT2D eigenvalue weighted by atomic mass is 9.98. The van der Waals surface area contributed by atoms with Crippen molar-refractivity contribution in [2.45, 2.75) is 113 Å². The van der Waals surface area contributed by atoms with Crippen LogP contribution in [-0.2, 0) is 7.05 Å². The molecular formula is C37H59N2S+. The number of allylic oxidation sites excluding steroid dienone is 3. The monoisotopic (exact) mass is 563 g/mol. The van der Waals surface area contributed by atoms with Gasteiger partial charge in [-0.05, 0) is 76.3 Å². The maximum atomic E-state index is 2.35. The van der Waals surface area contributed by atoms with Crippen LogP contribution in [-0.4, -0.2) is 9.31 Å². The van der Waals surface area contributed by atoms with Crippen molar-refractivity contribution in [2.75, 3.05) is 0 Å². The number of nitrogens with zero attached hydrogens (tertiary/aromatic N) is 2. The van der Waals surface area contributed by atoms with Crippen LogP contribution >= 0.6 is 11.8 Å². The van der Waals surface area contributed by atoms with Gasteiger partial charge in [-0.15, -0.1) is 11.8 Å². The number of rotatable bonds is 4. The molecule has 0 saturated carbocycles. The van der Waals surface area contributed by atoms with Crippen molar-refractivity contribution in [3.8, 4) is 17.1 Å². The highest BCUT2D eigenvalue weighted by Crippen LogP contribution is 2.40. The Kier molecular flexibility index (Phi) is 17.6. The fourth-order valence-electron chi connectivity index (χ4n) is 4.40. The molecule has 0 radical (unpaired) electrons. The molecule has 40 heavy (non-hydrogen) atoms. The quantitative estimate of drug-likeness (QED) is 0.287. The van der Waals surface area contributed by atoms with Gasteiger partial charge in [-0.3, -0.25) is 0 Å². The van der Waals surface area contributed by atoms with Crippen molar-refractivity contribution in [2.24, 2.45) is 13.0 Å². The Morgan fingerprint density at radius 3 is 1.93 bits per heavy atom. The molecule has 1 atom stereocenters. The molecule has 0 fully saturated rings. The summed E-state index contributed by atoms with van der Waals surface area (Å²) in [7, 11) is 2.13. The lowest BCUT2D eigenvalue weighted by Gasteiger charge is -2.27. The summed E-state index contributed by atoms with van der Waals surface area (Å²) >= 11 is 1.95. The average molecular weight is 564 g/mol. The van der Waals surface area contributed by atoms with Gasteiger partial charge in [0.25, 0.3) is 5.82 Å². The predicted molar refractivity (Wildman–Crippen MR) is 183 cm³/mol. The van der Waals surface area contributed by atoms with Crippen LogP contribution in [0.25, 0.3) is 17.1 Å². The van der Waals surface area contributed by atoms with E-state index in [0.29, 0.717) is 0 Å². The van der Waals surface area contributed by atoms with Crippen LogP contribution in [0.3, 0.4) is 0 Å². The molecule has 0 spiro atoms. The van der Waals surface area contributed by atoms with Crippen LogP contribution in [0.4, 0.5) is 0 Å². The first kappa shape index (κ1) is 37.5. The molecular weight excluding hydrogens is 504 g/mol. The molecule has 0 N–H and O–H groups in total. The van der Waals surface area contributed by atoms with Crippen molar-refractivity contribution in [1.82, 2.24) is 4.57 Å². The molecule has 2 aromatic carbocycles. The minimum Gasteiger partial charge on any atom is -0.232 e. The molecule has 0 saturated heterocycles. The Morgan fingerprint density at radius 1 is 0.875 bits per heavy atom. The summed E-state index contributed by atoms with van der Waals surface area (Å²) in [6.07, 6.45) is 12.3. The predicted octanol–water partition coefficient (Wildman–Crippen LogP) is 11.4. The van der Waals surface area contributed by atoms with Gasteiger partial charge in [0.05, 0.1) is 12.6 Å². The van der Waals surface area contributed by atoms with Gasteiger partial charge in [0.1, 0.15) is 18.1 Å². The molecule has 1 aliphatic rings. The average Bonchev–Trinajstić information content (AvgIpc) is 3.29. The number of aryl methyl sites for hydroxylation is 4. The highest BCUT2D eigenvalue weighted by atomic mass is 32.2. The van der Waals surface area contributed by atoms with Gasteiger partial charge in [-0.2, -0.15) is 4.57 Å². The first-order chi connectivity index (χ1) is 19.0. The van der Waals surface area contributed by atoms with E-state index in [2.05, 4.69) is 139 Å². The van der Waals surface area contributed by atoms with Gasteiger partial charge in [0, 0.05) is 9.64 Å². The van der Waals surface area contributed by atoms with E-state index in [0.717, 1.165) is 12.3 Å². The van der Waals surface area contributed by atoms with Gasteiger partial charge < -0.3 is 0 Å².